The Bertz CT molecular complexity index is 1120. The maximum Gasteiger partial charge on any atom is 0.309 e. The molecule has 0 spiro atoms. The molecule has 1 aliphatic rings. The van der Waals surface area contributed by atoms with Gasteiger partial charge < -0.3 is 20.1 Å². The molecule has 34 heavy (non-hydrogen) atoms. The summed E-state index contributed by atoms with van der Waals surface area (Å²) < 4.78 is 51.4. The van der Waals surface area contributed by atoms with E-state index < -0.39 is 28.1 Å². The first-order chi connectivity index (χ1) is 16.2. The van der Waals surface area contributed by atoms with E-state index in [4.69, 9.17) is 9.47 Å². The summed E-state index contributed by atoms with van der Waals surface area (Å²) in [5.41, 5.74) is 1.48. The van der Waals surface area contributed by atoms with E-state index in [9.17, 15) is 22.4 Å². The highest BCUT2D eigenvalue weighted by Crippen LogP contribution is 2.26. The Morgan fingerprint density at radius 1 is 1.15 bits per heavy atom. The van der Waals surface area contributed by atoms with E-state index in [0.29, 0.717) is 30.8 Å². The molecule has 2 aromatic carbocycles. The summed E-state index contributed by atoms with van der Waals surface area (Å²) in [4.78, 5) is 24.4. The number of ether oxygens (including phenoxy) is 2. The van der Waals surface area contributed by atoms with Gasteiger partial charge in [0.1, 0.15) is 17.8 Å². The molecule has 2 aromatic rings. The number of rotatable bonds is 8. The standard InChI is InChI=1S/C23H28FN3O6S/c1-16-14-19(8-9-20(16)32-2)34(30,31)27-12-3-13-33-21(27)15-26-23(29)22(28)25-11-10-17-4-6-18(24)7-5-17/h4-9,14,21H,3,10-13,15H2,1-2H3,(H,25,28)(H,26,29). The average Bonchev–Trinajstić information content (AvgIpc) is 2.83. The summed E-state index contributed by atoms with van der Waals surface area (Å²) >= 11 is 0. The minimum atomic E-state index is -3.90. The molecule has 2 amide bonds. The predicted molar refractivity (Wildman–Crippen MR) is 122 cm³/mol. The van der Waals surface area contributed by atoms with Gasteiger partial charge in [0.2, 0.25) is 10.0 Å². The van der Waals surface area contributed by atoms with E-state index in [2.05, 4.69) is 10.6 Å². The number of carbonyl (C=O) groups is 2. The topological polar surface area (TPSA) is 114 Å². The maximum atomic E-state index is 13.2. The molecule has 0 aromatic heterocycles. The molecule has 2 N–H and O–H groups in total. The van der Waals surface area contributed by atoms with Gasteiger partial charge in [-0.3, -0.25) is 9.59 Å². The first-order valence-electron chi connectivity index (χ1n) is 10.8. The molecule has 184 valence electrons. The van der Waals surface area contributed by atoms with Crippen molar-refractivity contribution in [1.82, 2.24) is 14.9 Å². The quantitative estimate of drug-likeness (QED) is 0.537. The summed E-state index contributed by atoms with van der Waals surface area (Å²) in [5.74, 6) is -1.53. The Morgan fingerprint density at radius 2 is 1.85 bits per heavy atom. The van der Waals surface area contributed by atoms with Crippen LogP contribution in [0.25, 0.3) is 0 Å². The molecule has 1 heterocycles. The van der Waals surface area contributed by atoms with Crippen LogP contribution in [0.1, 0.15) is 17.5 Å². The van der Waals surface area contributed by atoms with E-state index in [-0.39, 0.29) is 30.3 Å². The average molecular weight is 494 g/mol. The smallest absolute Gasteiger partial charge is 0.309 e. The van der Waals surface area contributed by atoms with E-state index in [1.165, 1.54) is 35.7 Å². The number of nitrogens with zero attached hydrogens (tertiary/aromatic N) is 1. The van der Waals surface area contributed by atoms with Gasteiger partial charge in [0.15, 0.2) is 0 Å². The monoisotopic (exact) mass is 493 g/mol. The maximum absolute atomic E-state index is 13.2. The number of hydrogen-bond acceptors (Lipinski definition) is 6. The van der Waals surface area contributed by atoms with E-state index in [0.717, 1.165) is 5.56 Å². The second-order valence-corrected chi connectivity index (χ2v) is 9.66. The fraction of sp³-hybridized carbons (Fsp3) is 0.391. The number of carbonyl (C=O) groups excluding carboxylic acids is 2. The van der Waals surface area contributed by atoms with Crippen molar-refractivity contribution in [1.29, 1.82) is 0 Å². The third-order valence-corrected chi connectivity index (χ3v) is 7.27. The molecule has 9 nitrogen and oxygen atoms in total. The minimum absolute atomic E-state index is 0.0890. The van der Waals surface area contributed by atoms with Gasteiger partial charge in [0, 0.05) is 13.1 Å². The first-order valence-corrected chi connectivity index (χ1v) is 12.2. The lowest BCUT2D eigenvalue weighted by atomic mass is 10.1. The van der Waals surface area contributed by atoms with Gasteiger partial charge in [-0.15, -0.1) is 0 Å². The summed E-state index contributed by atoms with van der Waals surface area (Å²) in [5, 5.41) is 4.93. The number of sulfonamides is 1. The normalized spacial score (nSPS) is 16.6. The zero-order chi connectivity index (χ0) is 24.7. The number of aryl methyl sites for hydroxylation is 1. The van der Waals surface area contributed by atoms with Gasteiger partial charge >= 0.3 is 11.8 Å². The fourth-order valence-electron chi connectivity index (χ4n) is 3.56. The number of halogens is 1. The lowest BCUT2D eigenvalue weighted by Gasteiger charge is -2.34. The van der Waals surface area contributed by atoms with E-state index in [1.54, 1.807) is 25.1 Å². The molecule has 0 aliphatic carbocycles. The van der Waals surface area contributed by atoms with Gasteiger partial charge in [-0.2, -0.15) is 4.31 Å². The van der Waals surface area contributed by atoms with Gasteiger partial charge in [0.25, 0.3) is 0 Å². The lowest BCUT2D eigenvalue weighted by Crippen LogP contribution is -2.53. The molecule has 3 rings (SSSR count). The van der Waals surface area contributed by atoms with Crippen molar-refractivity contribution < 1.29 is 31.9 Å². The van der Waals surface area contributed by atoms with Crippen molar-refractivity contribution >= 4 is 21.8 Å². The number of amides is 2. The van der Waals surface area contributed by atoms with Crippen LogP contribution in [0.15, 0.2) is 47.4 Å². The highest BCUT2D eigenvalue weighted by molar-refractivity contribution is 7.89. The third kappa shape index (κ3) is 6.31. The highest BCUT2D eigenvalue weighted by atomic mass is 32.2. The molecule has 0 saturated carbocycles. The Labute approximate surface area is 198 Å². The molecule has 1 fully saturated rings. The lowest BCUT2D eigenvalue weighted by molar-refractivity contribution is -0.140. The predicted octanol–water partition coefficient (Wildman–Crippen LogP) is 1.35. The second-order valence-electron chi connectivity index (χ2n) is 7.77. The Hall–Kier alpha value is -3.02. The molecular formula is C23H28FN3O6S. The van der Waals surface area contributed by atoms with Crippen LogP contribution < -0.4 is 15.4 Å². The van der Waals surface area contributed by atoms with Crippen molar-refractivity contribution in [3.8, 4) is 5.75 Å². The van der Waals surface area contributed by atoms with Gasteiger partial charge in [-0.25, -0.2) is 12.8 Å². The van der Waals surface area contributed by atoms with Crippen LogP contribution in [-0.2, 0) is 30.8 Å². The van der Waals surface area contributed by atoms with Crippen LogP contribution in [0.5, 0.6) is 5.75 Å². The summed E-state index contributed by atoms with van der Waals surface area (Å²) in [6.45, 7) is 2.31. The van der Waals surface area contributed by atoms with E-state index in [1.807, 2.05) is 0 Å². The van der Waals surface area contributed by atoms with Crippen LogP contribution in [0.4, 0.5) is 4.39 Å². The minimum Gasteiger partial charge on any atom is -0.496 e. The van der Waals surface area contributed by atoms with Crippen LogP contribution in [0.3, 0.4) is 0 Å². The summed E-state index contributed by atoms with van der Waals surface area (Å²) in [6.07, 6.45) is -0.0155. The first kappa shape index (κ1) is 25.6. The third-order valence-electron chi connectivity index (χ3n) is 5.38. The zero-order valence-corrected chi connectivity index (χ0v) is 19.9. The largest absolute Gasteiger partial charge is 0.496 e. The van der Waals surface area contributed by atoms with Gasteiger partial charge in [-0.1, -0.05) is 12.1 Å². The molecule has 0 bridgehead atoms. The van der Waals surface area contributed by atoms with Gasteiger partial charge in [-0.05, 0) is 61.2 Å². The number of hydrogen-bond donors (Lipinski definition) is 2. The number of nitrogens with one attached hydrogen (secondary N) is 2. The SMILES string of the molecule is COc1ccc(S(=O)(=O)N2CCCOC2CNC(=O)C(=O)NCCc2ccc(F)cc2)cc1C. The molecule has 1 atom stereocenters. The van der Waals surface area contributed by atoms with E-state index >= 15 is 0 Å². The van der Waals surface area contributed by atoms with Crippen LogP contribution in [-0.4, -0.2) is 64.1 Å². The fourth-order valence-corrected chi connectivity index (χ4v) is 5.21. The second kappa shape index (κ2) is 11.4. The van der Waals surface area contributed by atoms with Crippen molar-refractivity contribution in [3.05, 3.63) is 59.4 Å². The molecule has 1 aliphatic heterocycles. The van der Waals surface area contributed by atoms with Crippen molar-refractivity contribution in [2.24, 2.45) is 0 Å². The molecule has 1 unspecified atom stereocenters. The van der Waals surface area contributed by atoms with Crippen molar-refractivity contribution in [2.75, 3.05) is 33.4 Å². The summed E-state index contributed by atoms with van der Waals surface area (Å²) in [6, 6.07) is 10.4. The van der Waals surface area contributed by atoms with Gasteiger partial charge in [0.05, 0.1) is 25.2 Å². The number of methoxy groups -OCH3 is 1. The molecule has 1 saturated heterocycles. The molecule has 0 radical (unpaired) electrons. The van der Waals surface area contributed by atoms with Crippen LogP contribution in [0, 0.1) is 12.7 Å². The summed E-state index contributed by atoms with van der Waals surface area (Å²) in [7, 11) is -2.39. The van der Waals surface area contributed by atoms with Crippen LogP contribution >= 0.6 is 0 Å². The molecular weight excluding hydrogens is 465 g/mol. The number of benzene rings is 2. The Balaban J connectivity index is 1.56. The Morgan fingerprint density at radius 3 is 2.53 bits per heavy atom. The van der Waals surface area contributed by atoms with Crippen LogP contribution in [0.2, 0.25) is 0 Å². The molecule has 11 heteroatoms. The van der Waals surface area contributed by atoms with Crippen molar-refractivity contribution in [3.63, 3.8) is 0 Å². The van der Waals surface area contributed by atoms with Crippen molar-refractivity contribution in [2.45, 2.75) is 30.9 Å². The highest BCUT2D eigenvalue weighted by Gasteiger charge is 2.35. The zero-order valence-electron chi connectivity index (χ0n) is 19.0. The Kier molecular flexibility index (Phi) is 8.59.